The van der Waals surface area contributed by atoms with Crippen molar-refractivity contribution in [2.24, 2.45) is 11.8 Å². The maximum atomic E-state index is 15.4. The van der Waals surface area contributed by atoms with Gasteiger partial charge in [0.1, 0.15) is 17.7 Å². The van der Waals surface area contributed by atoms with Gasteiger partial charge in [0.25, 0.3) is 0 Å². The molecule has 4 rings (SSSR count). The monoisotopic (exact) mass is 512 g/mol. The SMILES string of the molecule is COc1ccc2nccc(C(F)CC[C@@H]3CCN(CCCSc4ccccc4OC)C[C@@H]3CO)c2c1. The van der Waals surface area contributed by atoms with Gasteiger partial charge in [-0.25, -0.2) is 4.39 Å². The zero-order valence-electron chi connectivity index (χ0n) is 21.2. The number of aliphatic hydroxyl groups is 1. The highest BCUT2D eigenvalue weighted by atomic mass is 32.2. The number of halogens is 1. The normalized spacial score (nSPS) is 19.3. The van der Waals surface area contributed by atoms with Crippen LogP contribution in [0.3, 0.4) is 0 Å². The first-order valence-corrected chi connectivity index (χ1v) is 13.8. The summed E-state index contributed by atoms with van der Waals surface area (Å²) in [5.41, 5.74) is 1.45. The topological polar surface area (TPSA) is 54.8 Å². The summed E-state index contributed by atoms with van der Waals surface area (Å²) in [4.78, 5) is 8.00. The van der Waals surface area contributed by atoms with Crippen molar-refractivity contribution < 1.29 is 19.0 Å². The van der Waals surface area contributed by atoms with E-state index in [2.05, 4.69) is 16.0 Å². The minimum absolute atomic E-state index is 0.156. The van der Waals surface area contributed by atoms with Crippen molar-refractivity contribution in [3.05, 3.63) is 60.3 Å². The molecule has 0 amide bonds. The number of aromatic nitrogens is 1. The molecule has 2 heterocycles. The van der Waals surface area contributed by atoms with Gasteiger partial charge in [-0.3, -0.25) is 4.98 Å². The summed E-state index contributed by atoms with van der Waals surface area (Å²) < 4.78 is 26.2. The van der Waals surface area contributed by atoms with Crippen LogP contribution in [0, 0.1) is 11.8 Å². The number of hydrogen-bond donors (Lipinski definition) is 1. The molecule has 0 aliphatic carbocycles. The third-order valence-corrected chi connectivity index (χ3v) is 8.41. The second kappa shape index (κ2) is 13.3. The van der Waals surface area contributed by atoms with Gasteiger partial charge in [-0.1, -0.05) is 12.1 Å². The summed E-state index contributed by atoms with van der Waals surface area (Å²) in [5, 5.41) is 10.9. The second-order valence-electron chi connectivity index (χ2n) is 9.47. The molecule has 5 nitrogen and oxygen atoms in total. The third-order valence-electron chi connectivity index (χ3n) is 7.27. The average molecular weight is 513 g/mol. The van der Waals surface area contributed by atoms with Crippen LogP contribution >= 0.6 is 11.8 Å². The Morgan fingerprint density at radius 1 is 1.14 bits per heavy atom. The predicted octanol–water partition coefficient (Wildman–Crippen LogP) is 6.16. The number of fused-ring (bicyclic) bond motifs is 1. The Labute approximate surface area is 218 Å². The summed E-state index contributed by atoms with van der Waals surface area (Å²) in [6.07, 6.45) is 3.92. The van der Waals surface area contributed by atoms with Gasteiger partial charge in [0.2, 0.25) is 0 Å². The van der Waals surface area contributed by atoms with E-state index in [4.69, 9.17) is 9.47 Å². The number of alkyl halides is 1. The summed E-state index contributed by atoms with van der Waals surface area (Å²) in [6, 6.07) is 15.5. The van der Waals surface area contributed by atoms with Crippen molar-refractivity contribution >= 4 is 22.7 Å². The molecule has 1 aliphatic heterocycles. The number of ether oxygens (including phenoxy) is 2. The Morgan fingerprint density at radius 2 is 2.00 bits per heavy atom. The van der Waals surface area contributed by atoms with Crippen molar-refractivity contribution in [2.75, 3.05) is 46.2 Å². The van der Waals surface area contributed by atoms with E-state index in [9.17, 15) is 5.11 Å². The Kier molecular flexibility index (Phi) is 9.84. The lowest BCUT2D eigenvalue weighted by Crippen LogP contribution is -2.42. The molecule has 1 saturated heterocycles. The number of nitrogens with zero attached hydrogens (tertiary/aromatic N) is 2. The number of benzene rings is 2. The van der Waals surface area contributed by atoms with Crippen molar-refractivity contribution in [3.63, 3.8) is 0 Å². The predicted molar refractivity (Wildman–Crippen MR) is 145 cm³/mol. The molecule has 1 aromatic heterocycles. The first kappa shape index (κ1) is 26.7. The molecule has 1 aliphatic rings. The minimum Gasteiger partial charge on any atom is -0.497 e. The van der Waals surface area contributed by atoms with Crippen LogP contribution in [0.25, 0.3) is 10.9 Å². The Hall–Kier alpha value is -2.35. The molecule has 1 fully saturated rings. The van der Waals surface area contributed by atoms with Crippen LogP contribution in [-0.4, -0.2) is 61.2 Å². The van der Waals surface area contributed by atoms with Gasteiger partial charge in [0, 0.05) is 29.6 Å². The fourth-order valence-corrected chi connectivity index (χ4v) is 6.18. The van der Waals surface area contributed by atoms with E-state index in [1.807, 2.05) is 48.2 Å². The molecule has 0 saturated carbocycles. The Morgan fingerprint density at radius 3 is 2.81 bits per heavy atom. The van der Waals surface area contributed by atoms with Crippen molar-refractivity contribution in [1.29, 1.82) is 0 Å². The van der Waals surface area contributed by atoms with Crippen LogP contribution in [0.15, 0.2) is 59.6 Å². The first-order valence-electron chi connectivity index (χ1n) is 12.8. The molecule has 1 unspecified atom stereocenters. The van der Waals surface area contributed by atoms with Gasteiger partial charge < -0.3 is 19.5 Å². The van der Waals surface area contributed by atoms with E-state index in [1.165, 1.54) is 4.90 Å². The molecular weight excluding hydrogens is 475 g/mol. The molecule has 0 radical (unpaired) electrons. The third kappa shape index (κ3) is 6.69. The molecule has 0 spiro atoms. The van der Waals surface area contributed by atoms with Crippen LogP contribution < -0.4 is 9.47 Å². The van der Waals surface area contributed by atoms with Gasteiger partial charge in [-0.15, -0.1) is 11.8 Å². The highest BCUT2D eigenvalue weighted by molar-refractivity contribution is 7.99. The molecular formula is C29H37FN2O3S. The zero-order chi connectivity index (χ0) is 25.3. The van der Waals surface area contributed by atoms with Gasteiger partial charge in [0.05, 0.1) is 19.7 Å². The number of piperidine rings is 1. The van der Waals surface area contributed by atoms with E-state index >= 15 is 4.39 Å². The number of thioether (sulfide) groups is 1. The Balaban J connectivity index is 1.26. The van der Waals surface area contributed by atoms with Gasteiger partial charge >= 0.3 is 0 Å². The summed E-state index contributed by atoms with van der Waals surface area (Å²) in [6.45, 7) is 3.06. The lowest BCUT2D eigenvalue weighted by Gasteiger charge is -2.38. The quantitative estimate of drug-likeness (QED) is 0.232. The van der Waals surface area contributed by atoms with E-state index in [1.54, 1.807) is 26.5 Å². The van der Waals surface area contributed by atoms with E-state index in [0.717, 1.165) is 61.3 Å². The molecule has 7 heteroatoms. The van der Waals surface area contributed by atoms with Crippen LogP contribution in [0.1, 0.15) is 37.4 Å². The molecule has 36 heavy (non-hydrogen) atoms. The van der Waals surface area contributed by atoms with Gasteiger partial charge in [-0.05, 0) is 98.3 Å². The van der Waals surface area contributed by atoms with Crippen molar-refractivity contribution in [1.82, 2.24) is 9.88 Å². The highest BCUT2D eigenvalue weighted by Gasteiger charge is 2.29. The van der Waals surface area contributed by atoms with E-state index < -0.39 is 6.17 Å². The first-order chi connectivity index (χ1) is 17.6. The fraction of sp³-hybridized carbons (Fsp3) is 0.483. The zero-order valence-corrected chi connectivity index (χ0v) is 22.1. The molecule has 3 atom stereocenters. The number of likely N-dealkylation sites (tertiary alicyclic amines) is 1. The van der Waals surface area contributed by atoms with Crippen molar-refractivity contribution in [3.8, 4) is 11.5 Å². The van der Waals surface area contributed by atoms with Gasteiger partial charge in [0.15, 0.2) is 0 Å². The number of para-hydroxylation sites is 1. The number of methoxy groups -OCH3 is 2. The summed E-state index contributed by atoms with van der Waals surface area (Å²) in [7, 11) is 3.32. The van der Waals surface area contributed by atoms with Gasteiger partial charge in [-0.2, -0.15) is 0 Å². The van der Waals surface area contributed by atoms with Crippen LogP contribution in [-0.2, 0) is 0 Å². The number of rotatable bonds is 12. The highest BCUT2D eigenvalue weighted by Crippen LogP contribution is 2.35. The molecule has 194 valence electrons. The lowest BCUT2D eigenvalue weighted by molar-refractivity contribution is 0.0640. The minimum atomic E-state index is -1.06. The number of aliphatic hydroxyl groups excluding tert-OH is 1. The van der Waals surface area contributed by atoms with Crippen LogP contribution in [0.4, 0.5) is 4.39 Å². The van der Waals surface area contributed by atoms with Crippen LogP contribution in [0.5, 0.6) is 11.5 Å². The maximum Gasteiger partial charge on any atom is 0.132 e. The molecule has 2 aromatic carbocycles. The maximum absolute atomic E-state index is 15.4. The van der Waals surface area contributed by atoms with E-state index in [0.29, 0.717) is 23.7 Å². The molecule has 0 bridgehead atoms. The van der Waals surface area contributed by atoms with Crippen LogP contribution in [0.2, 0.25) is 0 Å². The van der Waals surface area contributed by atoms with Crippen molar-refractivity contribution in [2.45, 2.75) is 36.8 Å². The second-order valence-corrected chi connectivity index (χ2v) is 10.6. The molecule has 3 aromatic rings. The smallest absolute Gasteiger partial charge is 0.132 e. The number of hydrogen-bond acceptors (Lipinski definition) is 6. The van der Waals surface area contributed by atoms with E-state index in [-0.39, 0.29) is 12.5 Å². The fourth-order valence-electron chi connectivity index (χ4n) is 5.22. The standard InChI is InChI=1S/C29H37FN2O3S/c1-34-23-9-11-27-25(18-23)24(12-14-31-27)26(30)10-8-21-13-16-32(19-22(21)20-33)15-5-17-36-29-7-4-3-6-28(29)35-2/h3-4,6-7,9,11-12,14,18,21-22,26,33H,5,8,10,13,15-17,19-20H2,1-2H3/t21-,22-,26?/m1/s1. The Bertz CT molecular complexity index is 1110. The summed E-state index contributed by atoms with van der Waals surface area (Å²) >= 11 is 1.82. The average Bonchev–Trinajstić information content (AvgIpc) is 2.93. The lowest BCUT2D eigenvalue weighted by atomic mass is 9.81. The largest absolute Gasteiger partial charge is 0.497 e. The number of pyridine rings is 1. The molecule has 1 N–H and O–H groups in total. The summed E-state index contributed by atoms with van der Waals surface area (Å²) in [5.74, 6) is 3.20.